The summed E-state index contributed by atoms with van der Waals surface area (Å²) >= 11 is 0. The largest absolute Gasteiger partial charge is 0.384 e. The monoisotopic (exact) mass is 266 g/mol. The molecule has 1 amide bonds. The second-order valence-electron chi connectivity index (χ2n) is 5.13. The number of rotatable bonds is 4. The summed E-state index contributed by atoms with van der Waals surface area (Å²) in [6, 6.07) is 18.2. The molecule has 102 valence electrons. The second-order valence-corrected chi connectivity index (χ2v) is 5.13. The Morgan fingerprint density at radius 1 is 1.10 bits per heavy atom. The van der Waals surface area contributed by atoms with E-state index in [1.54, 1.807) is 0 Å². The molecule has 1 aliphatic heterocycles. The van der Waals surface area contributed by atoms with Crippen molar-refractivity contribution in [3.8, 4) is 0 Å². The maximum Gasteiger partial charge on any atom is 0.220 e. The maximum absolute atomic E-state index is 12.0. The molecule has 2 aromatic rings. The minimum Gasteiger partial charge on any atom is -0.384 e. The predicted molar refractivity (Wildman–Crippen MR) is 80.6 cm³/mol. The summed E-state index contributed by atoms with van der Waals surface area (Å²) in [7, 11) is 0. The van der Waals surface area contributed by atoms with E-state index in [1.165, 1.54) is 5.56 Å². The molecule has 0 saturated heterocycles. The fraction of sp³-hybridized carbons (Fsp3) is 0.235. The van der Waals surface area contributed by atoms with Gasteiger partial charge in [-0.1, -0.05) is 48.5 Å². The van der Waals surface area contributed by atoms with Crippen molar-refractivity contribution in [2.45, 2.75) is 18.9 Å². The smallest absolute Gasteiger partial charge is 0.220 e. The first-order valence-electron chi connectivity index (χ1n) is 6.96. The van der Waals surface area contributed by atoms with Gasteiger partial charge in [0.1, 0.15) is 0 Å². The van der Waals surface area contributed by atoms with E-state index in [2.05, 4.69) is 22.8 Å². The van der Waals surface area contributed by atoms with E-state index in [9.17, 15) is 4.79 Å². The Labute approximate surface area is 119 Å². The number of fused-ring (bicyclic) bond motifs is 1. The molecule has 1 aliphatic rings. The van der Waals surface area contributed by atoms with Gasteiger partial charge in [-0.3, -0.25) is 4.79 Å². The first kappa shape index (κ1) is 12.7. The standard InChI is InChI=1S/C17H18N2O/c20-17(19-11-13-6-2-1-3-7-13)10-14-12-18-16-9-5-4-8-15(14)16/h1-9,14,18H,10-12H2,(H,19,20). The van der Waals surface area contributed by atoms with Gasteiger partial charge in [0.05, 0.1) is 0 Å². The molecule has 3 heteroatoms. The molecule has 1 atom stereocenters. The number of carbonyl (C=O) groups excluding carboxylic acids is 1. The number of hydrogen-bond acceptors (Lipinski definition) is 2. The van der Waals surface area contributed by atoms with Crippen molar-refractivity contribution in [1.82, 2.24) is 5.32 Å². The van der Waals surface area contributed by atoms with E-state index in [4.69, 9.17) is 0 Å². The Morgan fingerprint density at radius 3 is 2.70 bits per heavy atom. The van der Waals surface area contributed by atoms with E-state index in [0.717, 1.165) is 17.8 Å². The molecule has 20 heavy (non-hydrogen) atoms. The number of nitrogens with one attached hydrogen (secondary N) is 2. The number of benzene rings is 2. The van der Waals surface area contributed by atoms with Crippen LogP contribution in [0.5, 0.6) is 0 Å². The average molecular weight is 266 g/mol. The summed E-state index contributed by atoms with van der Waals surface area (Å²) in [5, 5.41) is 6.34. The van der Waals surface area contributed by atoms with Crippen molar-refractivity contribution in [2.24, 2.45) is 0 Å². The van der Waals surface area contributed by atoms with Gasteiger partial charge in [0.25, 0.3) is 0 Å². The fourth-order valence-electron chi connectivity index (χ4n) is 2.63. The number of amides is 1. The summed E-state index contributed by atoms with van der Waals surface area (Å²) in [4.78, 5) is 12.0. The first-order valence-corrected chi connectivity index (χ1v) is 6.96. The molecule has 1 heterocycles. The van der Waals surface area contributed by atoms with Crippen molar-refractivity contribution in [2.75, 3.05) is 11.9 Å². The minimum absolute atomic E-state index is 0.109. The lowest BCUT2D eigenvalue weighted by Crippen LogP contribution is -2.25. The summed E-state index contributed by atoms with van der Waals surface area (Å²) < 4.78 is 0. The van der Waals surface area contributed by atoms with E-state index < -0.39 is 0 Å². The Hall–Kier alpha value is -2.29. The van der Waals surface area contributed by atoms with Gasteiger partial charge in [0.2, 0.25) is 5.91 Å². The van der Waals surface area contributed by atoms with Crippen LogP contribution in [-0.4, -0.2) is 12.5 Å². The summed E-state index contributed by atoms with van der Waals surface area (Å²) in [5.74, 6) is 0.388. The van der Waals surface area contributed by atoms with Crippen LogP contribution in [0.25, 0.3) is 0 Å². The molecule has 3 nitrogen and oxygen atoms in total. The van der Waals surface area contributed by atoms with Gasteiger partial charge >= 0.3 is 0 Å². The molecule has 0 radical (unpaired) electrons. The molecule has 1 unspecified atom stereocenters. The van der Waals surface area contributed by atoms with Gasteiger partial charge in [-0.05, 0) is 17.2 Å². The summed E-state index contributed by atoms with van der Waals surface area (Å²) in [5.41, 5.74) is 3.54. The Balaban J connectivity index is 1.55. The van der Waals surface area contributed by atoms with Crippen molar-refractivity contribution < 1.29 is 4.79 Å². The van der Waals surface area contributed by atoms with Crippen molar-refractivity contribution >= 4 is 11.6 Å². The van der Waals surface area contributed by atoms with Gasteiger partial charge in [-0.15, -0.1) is 0 Å². The lowest BCUT2D eigenvalue weighted by Gasteiger charge is -2.10. The lowest BCUT2D eigenvalue weighted by molar-refractivity contribution is -0.121. The van der Waals surface area contributed by atoms with Gasteiger partial charge < -0.3 is 10.6 Å². The van der Waals surface area contributed by atoms with Crippen molar-refractivity contribution in [3.05, 3.63) is 65.7 Å². The zero-order valence-electron chi connectivity index (χ0n) is 11.3. The lowest BCUT2D eigenvalue weighted by atomic mass is 9.97. The molecular formula is C17H18N2O. The van der Waals surface area contributed by atoms with Crippen LogP contribution in [0.15, 0.2) is 54.6 Å². The van der Waals surface area contributed by atoms with Crippen LogP contribution in [0.3, 0.4) is 0 Å². The van der Waals surface area contributed by atoms with Crippen LogP contribution in [-0.2, 0) is 11.3 Å². The molecule has 2 aromatic carbocycles. The Kier molecular flexibility index (Phi) is 3.68. The van der Waals surface area contributed by atoms with Crippen LogP contribution in [0.2, 0.25) is 0 Å². The van der Waals surface area contributed by atoms with Crippen molar-refractivity contribution in [1.29, 1.82) is 0 Å². The molecule has 0 bridgehead atoms. The third kappa shape index (κ3) is 2.82. The Morgan fingerprint density at radius 2 is 1.85 bits per heavy atom. The Bertz CT molecular complexity index is 595. The van der Waals surface area contributed by atoms with Gasteiger partial charge in [-0.2, -0.15) is 0 Å². The fourth-order valence-corrected chi connectivity index (χ4v) is 2.63. The van der Waals surface area contributed by atoms with Crippen LogP contribution in [0.4, 0.5) is 5.69 Å². The molecule has 0 spiro atoms. The molecule has 0 fully saturated rings. The highest BCUT2D eigenvalue weighted by Crippen LogP contribution is 2.32. The van der Waals surface area contributed by atoms with E-state index >= 15 is 0 Å². The quantitative estimate of drug-likeness (QED) is 0.893. The number of para-hydroxylation sites is 1. The molecule has 0 aromatic heterocycles. The zero-order valence-corrected chi connectivity index (χ0v) is 11.3. The summed E-state index contributed by atoms with van der Waals surface area (Å²) in [6.07, 6.45) is 0.539. The molecule has 0 aliphatic carbocycles. The highest BCUT2D eigenvalue weighted by atomic mass is 16.1. The molecule has 2 N–H and O–H groups in total. The molecular weight excluding hydrogens is 248 g/mol. The van der Waals surface area contributed by atoms with E-state index in [0.29, 0.717) is 13.0 Å². The number of anilines is 1. The topological polar surface area (TPSA) is 41.1 Å². The maximum atomic E-state index is 12.0. The van der Waals surface area contributed by atoms with Gasteiger partial charge in [0.15, 0.2) is 0 Å². The van der Waals surface area contributed by atoms with Crippen LogP contribution >= 0.6 is 0 Å². The van der Waals surface area contributed by atoms with Crippen LogP contribution in [0.1, 0.15) is 23.5 Å². The van der Waals surface area contributed by atoms with Crippen molar-refractivity contribution in [3.63, 3.8) is 0 Å². The van der Waals surface area contributed by atoms with E-state index in [1.807, 2.05) is 42.5 Å². The highest BCUT2D eigenvalue weighted by Gasteiger charge is 2.23. The SMILES string of the molecule is O=C(CC1CNc2ccccc21)NCc1ccccc1. The summed E-state index contributed by atoms with van der Waals surface area (Å²) in [6.45, 7) is 1.44. The van der Waals surface area contributed by atoms with Crippen LogP contribution < -0.4 is 10.6 Å². The molecule has 0 saturated carbocycles. The minimum atomic E-state index is 0.109. The average Bonchev–Trinajstić information content (AvgIpc) is 2.90. The third-order valence-corrected chi connectivity index (χ3v) is 3.70. The van der Waals surface area contributed by atoms with Crippen LogP contribution in [0, 0.1) is 0 Å². The predicted octanol–water partition coefficient (Wildman–Crippen LogP) is 2.90. The first-order chi connectivity index (χ1) is 9.83. The van der Waals surface area contributed by atoms with Gasteiger partial charge in [0, 0.05) is 31.1 Å². The second kappa shape index (κ2) is 5.78. The normalized spacial score (nSPS) is 16.3. The third-order valence-electron chi connectivity index (χ3n) is 3.70. The molecule has 3 rings (SSSR count). The van der Waals surface area contributed by atoms with E-state index in [-0.39, 0.29) is 11.8 Å². The van der Waals surface area contributed by atoms with Gasteiger partial charge in [-0.25, -0.2) is 0 Å². The zero-order chi connectivity index (χ0) is 13.8. The highest BCUT2D eigenvalue weighted by molar-refractivity contribution is 5.78. The number of hydrogen-bond donors (Lipinski definition) is 2. The number of carbonyl (C=O) groups is 1.